The fraction of sp³-hybridized carbons (Fsp3) is 0.429. The van der Waals surface area contributed by atoms with Crippen LogP contribution in [0.3, 0.4) is 0 Å². The zero-order chi connectivity index (χ0) is 14.6. The van der Waals surface area contributed by atoms with Crippen LogP contribution < -0.4 is 11.1 Å². The van der Waals surface area contributed by atoms with Gasteiger partial charge >= 0.3 is 0 Å². The number of primary amides is 1. The zero-order valence-corrected chi connectivity index (χ0v) is 12.5. The first-order valence-corrected chi connectivity index (χ1v) is 7.57. The third-order valence-corrected chi connectivity index (χ3v) is 4.21. The van der Waals surface area contributed by atoms with Gasteiger partial charge in [0.05, 0.1) is 0 Å². The average Bonchev–Trinajstić information content (AvgIpc) is 2.85. The molecule has 0 bridgehead atoms. The molecule has 1 heterocycles. The normalized spacial score (nSPS) is 14.3. The molecule has 0 saturated heterocycles. The van der Waals surface area contributed by atoms with Crippen molar-refractivity contribution in [2.75, 3.05) is 12.3 Å². The van der Waals surface area contributed by atoms with Gasteiger partial charge in [-0.15, -0.1) is 0 Å². The van der Waals surface area contributed by atoms with E-state index in [2.05, 4.69) is 10.3 Å². The Bertz CT molecular complexity index is 566. The summed E-state index contributed by atoms with van der Waals surface area (Å²) in [5.41, 5.74) is 6.29. The summed E-state index contributed by atoms with van der Waals surface area (Å²) in [7, 11) is 0. The maximum atomic E-state index is 11.6. The molecule has 1 amide bonds. The largest absolute Gasteiger partial charge is 0.431 e. The lowest BCUT2D eigenvalue weighted by Crippen LogP contribution is -2.55. The molecule has 0 aliphatic rings. The van der Waals surface area contributed by atoms with Gasteiger partial charge < -0.3 is 15.5 Å². The lowest BCUT2D eigenvalue weighted by molar-refractivity contribution is -0.122. The van der Waals surface area contributed by atoms with Crippen LogP contribution in [0.1, 0.15) is 20.3 Å². The molecule has 20 heavy (non-hydrogen) atoms. The minimum atomic E-state index is -0.763. The van der Waals surface area contributed by atoms with Gasteiger partial charge in [0, 0.05) is 5.75 Å². The third-order valence-electron chi connectivity index (χ3n) is 3.07. The summed E-state index contributed by atoms with van der Waals surface area (Å²) in [5, 5.41) is 3.74. The predicted octanol–water partition coefficient (Wildman–Crippen LogP) is 2.16. The summed E-state index contributed by atoms with van der Waals surface area (Å²) in [6.45, 7) is 4.59. The number of rotatable bonds is 7. The van der Waals surface area contributed by atoms with Gasteiger partial charge in [0.1, 0.15) is 11.1 Å². The highest BCUT2D eigenvalue weighted by molar-refractivity contribution is 7.99. The van der Waals surface area contributed by atoms with Crippen molar-refractivity contribution in [2.45, 2.75) is 31.0 Å². The van der Waals surface area contributed by atoms with Gasteiger partial charge in [0.25, 0.3) is 5.22 Å². The monoisotopic (exact) mass is 293 g/mol. The average molecular weight is 293 g/mol. The van der Waals surface area contributed by atoms with Crippen LogP contribution in [-0.2, 0) is 4.79 Å². The van der Waals surface area contributed by atoms with E-state index in [1.165, 1.54) is 11.8 Å². The van der Waals surface area contributed by atoms with E-state index < -0.39 is 5.54 Å². The predicted molar refractivity (Wildman–Crippen MR) is 80.6 cm³/mol. The van der Waals surface area contributed by atoms with Crippen LogP contribution in [0.5, 0.6) is 0 Å². The maximum Gasteiger partial charge on any atom is 0.256 e. The number of amides is 1. The van der Waals surface area contributed by atoms with Crippen molar-refractivity contribution in [3.63, 3.8) is 0 Å². The summed E-state index contributed by atoms with van der Waals surface area (Å²) in [6.07, 6.45) is 0.941. The first-order chi connectivity index (χ1) is 9.55. The molecule has 1 atom stereocenters. The van der Waals surface area contributed by atoms with Crippen LogP contribution in [0, 0.1) is 0 Å². The van der Waals surface area contributed by atoms with E-state index in [0.717, 1.165) is 24.1 Å². The molecule has 0 fully saturated rings. The van der Waals surface area contributed by atoms with Crippen molar-refractivity contribution in [2.24, 2.45) is 5.73 Å². The Morgan fingerprint density at radius 1 is 1.50 bits per heavy atom. The number of benzene rings is 1. The van der Waals surface area contributed by atoms with Gasteiger partial charge in [0.15, 0.2) is 5.58 Å². The van der Waals surface area contributed by atoms with Crippen molar-refractivity contribution >= 4 is 28.8 Å². The minimum absolute atomic E-state index is 0.366. The summed E-state index contributed by atoms with van der Waals surface area (Å²) < 4.78 is 5.62. The van der Waals surface area contributed by atoms with E-state index in [-0.39, 0.29) is 5.91 Å². The molecule has 1 aromatic heterocycles. The summed E-state index contributed by atoms with van der Waals surface area (Å²) >= 11 is 1.39. The Morgan fingerprint density at radius 3 is 2.90 bits per heavy atom. The zero-order valence-electron chi connectivity index (χ0n) is 11.7. The molecule has 0 saturated carbocycles. The van der Waals surface area contributed by atoms with Crippen LogP contribution in [-0.4, -0.2) is 28.7 Å². The molecule has 1 unspecified atom stereocenters. The standard InChI is InChI=1S/C14H19N3O2S/c1-3-8-16-14(2,12(15)18)9-20-13-17-10-6-4-5-7-11(10)19-13/h4-7,16H,3,8-9H2,1-2H3,(H2,15,18). The van der Waals surface area contributed by atoms with E-state index in [1.54, 1.807) is 6.92 Å². The number of fused-ring (bicyclic) bond motifs is 1. The lowest BCUT2D eigenvalue weighted by atomic mass is 10.1. The Balaban J connectivity index is 2.06. The second-order valence-corrected chi connectivity index (χ2v) is 5.79. The van der Waals surface area contributed by atoms with E-state index >= 15 is 0 Å². The number of oxazole rings is 1. The second kappa shape index (κ2) is 6.28. The quantitative estimate of drug-likeness (QED) is 0.765. The smallest absolute Gasteiger partial charge is 0.256 e. The van der Waals surface area contributed by atoms with Gasteiger partial charge in [-0.1, -0.05) is 30.8 Å². The van der Waals surface area contributed by atoms with Crippen molar-refractivity contribution in [3.05, 3.63) is 24.3 Å². The molecule has 5 nitrogen and oxygen atoms in total. The number of hydrogen-bond acceptors (Lipinski definition) is 5. The van der Waals surface area contributed by atoms with Crippen LogP contribution in [0.15, 0.2) is 33.9 Å². The van der Waals surface area contributed by atoms with Gasteiger partial charge in [-0.3, -0.25) is 4.79 Å². The Labute approximate surface area is 122 Å². The summed E-state index contributed by atoms with van der Waals surface area (Å²) in [4.78, 5) is 16.0. The highest BCUT2D eigenvalue weighted by Crippen LogP contribution is 2.26. The lowest BCUT2D eigenvalue weighted by Gasteiger charge is -2.26. The molecule has 2 rings (SSSR count). The van der Waals surface area contributed by atoms with Crippen LogP contribution >= 0.6 is 11.8 Å². The first-order valence-electron chi connectivity index (χ1n) is 6.58. The number of carbonyl (C=O) groups is 1. The molecular formula is C14H19N3O2S. The molecule has 0 aliphatic heterocycles. The van der Waals surface area contributed by atoms with Crippen LogP contribution in [0.2, 0.25) is 0 Å². The Hall–Kier alpha value is -1.53. The molecule has 0 aliphatic carbocycles. The SMILES string of the molecule is CCCNC(C)(CSc1nc2ccccc2o1)C(N)=O. The minimum Gasteiger partial charge on any atom is -0.431 e. The number of para-hydroxylation sites is 2. The number of nitrogens with zero attached hydrogens (tertiary/aromatic N) is 1. The summed E-state index contributed by atoms with van der Waals surface area (Å²) in [6, 6.07) is 7.58. The van der Waals surface area contributed by atoms with Gasteiger partial charge in [0.2, 0.25) is 5.91 Å². The van der Waals surface area contributed by atoms with Crippen molar-refractivity contribution in [3.8, 4) is 0 Å². The highest BCUT2D eigenvalue weighted by atomic mass is 32.2. The van der Waals surface area contributed by atoms with E-state index in [4.69, 9.17) is 10.2 Å². The van der Waals surface area contributed by atoms with Crippen LogP contribution in [0.25, 0.3) is 11.1 Å². The molecule has 3 N–H and O–H groups in total. The van der Waals surface area contributed by atoms with E-state index in [1.807, 2.05) is 31.2 Å². The van der Waals surface area contributed by atoms with E-state index in [0.29, 0.717) is 11.0 Å². The Kier molecular flexibility index (Phi) is 4.67. The number of hydrogen-bond donors (Lipinski definition) is 2. The second-order valence-electron chi connectivity index (χ2n) is 4.86. The van der Waals surface area contributed by atoms with Gasteiger partial charge in [-0.2, -0.15) is 0 Å². The topological polar surface area (TPSA) is 81.2 Å². The van der Waals surface area contributed by atoms with Crippen molar-refractivity contribution in [1.82, 2.24) is 10.3 Å². The molecule has 2 aromatic rings. The fourth-order valence-electron chi connectivity index (χ4n) is 1.73. The molecule has 0 radical (unpaired) electrons. The number of aromatic nitrogens is 1. The van der Waals surface area contributed by atoms with Crippen molar-refractivity contribution in [1.29, 1.82) is 0 Å². The Morgan fingerprint density at radius 2 is 2.25 bits per heavy atom. The number of nitrogens with two attached hydrogens (primary N) is 1. The van der Waals surface area contributed by atoms with Crippen LogP contribution in [0.4, 0.5) is 0 Å². The fourth-order valence-corrected chi connectivity index (χ4v) is 2.70. The number of nitrogens with one attached hydrogen (secondary N) is 1. The third kappa shape index (κ3) is 3.32. The first kappa shape index (κ1) is 14.9. The molecular weight excluding hydrogens is 274 g/mol. The van der Waals surface area contributed by atoms with Crippen molar-refractivity contribution < 1.29 is 9.21 Å². The number of carbonyl (C=O) groups excluding carboxylic acids is 1. The van der Waals surface area contributed by atoms with Gasteiger partial charge in [-0.05, 0) is 32.0 Å². The molecule has 1 aromatic carbocycles. The molecule has 0 spiro atoms. The molecule has 108 valence electrons. The van der Waals surface area contributed by atoms with Gasteiger partial charge in [-0.25, -0.2) is 4.98 Å². The van der Waals surface area contributed by atoms with E-state index in [9.17, 15) is 4.79 Å². The summed E-state index contributed by atoms with van der Waals surface area (Å²) in [5.74, 6) is 0.115. The molecule has 6 heteroatoms. The number of thioether (sulfide) groups is 1. The highest BCUT2D eigenvalue weighted by Gasteiger charge is 2.31. The maximum absolute atomic E-state index is 11.6.